The molecule has 2 aromatic carbocycles. The van der Waals surface area contributed by atoms with E-state index in [4.69, 9.17) is 0 Å². The van der Waals surface area contributed by atoms with Crippen LogP contribution in [0.15, 0.2) is 47.4 Å². The average molecular weight is 441 g/mol. The van der Waals surface area contributed by atoms with Gasteiger partial charge in [0.1, 0.15) is 0 Å². The lowest BCUT2D eigenvalue weighted by atomic mass is 9.92. The van der Waals surface area contributed by atoms with E-state index in [-0.39, 0.29) is 17.6 Å². The van der Waals surface area contributed by atoms with Crippen molar-refractivity contribution in [3.63, 3.8) is 0 Å². The summed E-state index contributed by atoms with van der Waals surface area (Å²) in [5.41, 5.74) is 3.38. The minimum Gasteiger partial charge on any atom is -0.325 e. The summed E-state index contributed by atoms with van der Waals surface area (Å²) in [5, 5.41) is 2.85. The molecule has 0 saturated carbocycles. The second kappa shape index (κ2) is 8.93. The minimum atomic E-state index is -3.56. The SMILES string of the molecule is CC(=O)c1ccccc1NC(=O)C1CCN(S(=O)(=O)c2ccc3c(c2)CCCC3)CC1. The third-order valence-electron chi connectivity index (χ3n) is 6.35. The highest BCUT2D eigenvalue weighted by molar-refractivity contribution is 7.89. The number of ketones is 1. The first kappa shape index (κ1) is 21.7. The standard InChI is InChI=1S/C24H28N2O4S/c1-17(27)22-8-4-5-9-23(22)25-24(28)19-12-14-26(15-13-19)31(29,30)21-11-10-18-6-2-3-7-20(18)16-21/h4-5,8-11,16,19H,2-3,6-7,12-15H2,1H3,(H,25,28). The van der Waals surface area contributed by atoms with E-state index in [1.807, 2.05) is 12.1 Å². The molecule has 0 aromatic heterocycles. The second-order valence-electron chi connectivity index (χ2n) is 8.41. The first-order valence-corrected chi connectivity index (χ1v) is 12.3. The number of rotatable bonds is 5. The number of nitrogens with one attached hydrogen (secondary N) is 1. The Morgan fingerprint density at radius 2 is 1.65 bits per heavy atom. The number of carbonyl (C=O) groups excluding carboxylic acids is 2. The van der Waals surface area contributed by atoms with Crippen LogP contribution in [0.4, 0.5) is 5.69 Å². The molecular weight excluding hydrogens is 412 g/mol. The Morgan fingerprint density at radius 3 is 2.35 bits per heavy atom. The molecule has 0 atom stereocenters. The van der Waals surface area contributed by atoms with Crippen LogP contribution in [0.5, 0.6) is 0 Å². The van der Waals surface area contributed by atoms with E-state index in [0.29, 0.717) is 42.1 Å². The van der Waals surface area contributed by atoms with Crippen molar-refractivity contribution in [3.05, 3.63) is 59.2 Å². The first-order chi connectivity index (χ1) is 14.9. The fraction of sp³-hybridized carbons (Fsp3) is 0.417. The number of para-hydroxylation sites is 1. The Bertz CT molecular complexity index is 1100. The van der Waals surface area contributed by atoms with E-state index in [0.717, 1.165) is 31.2 Å². The van der Waals surface area contributed by atoms with Crippen molar-refractivity contribution in [1.82, 2.24) is 4.31 Å². The molecule has 6 nitrogen and oxygen atoms in total. The molecular formula is C24H28N2O4S. The molecule has 1 saturated heterocycles. The molecule has 0 unspecified atom stereocenters. The molecule has 2 aliphatic rings. The number of anilines is 1. The topological polar surface area (TPSA) is 83.6 Å². The van der Waals surface area contributed by atoms with E-state index in [1.54, 1.807) is 30.3 Å². The van der Waals surface area contributed by atoms with Crippen LogP contribution in [0.2, 0.25) is 0 Å². The van der Waals surface area contributed by atoms with Crippen molar-refractivity contribution >= 4 is 27.4 Å². The normalized spacial score (nSPS) is 17.7. The van der Waals surface area contributed by atoms with Crippen LogP contribution >= 0.6 is 0 Å². The molecule has 1 N–H and O–H groups in total. The van der Waals surface area contributed by atoms with Gasteiger partial charge in [0, 0.05) is 24.6 Å². The highest BCUT2D eigenvalue weighted by Gasteiger charge is 2.32. The molecule has 0 spiro atoms. The van der Waals surface area contributed by atoms with Crippen LogP contribution in [-0.2, 0) is 27.7 Å². The molecule has 1 fully saturated rings. The minimum absolute atomic E-state index is 0.109. The van der Waals surface area contributed by atoms with Crippen molar-refractivity contribution in [2.75, 3.05) is 18.4 Å². The first-order valence-electron chi connectivity index (χ1n) is 10.9. The lowest BCUT2D eigenvalue weighted by Crippen LogP contribution is -2.41. The number of carbonyl (C=O) groups is 2. The van der Waals surface area contributed by atoms with Crippen molar-refractivity contribution in [2.45, 2.75) is 50.3 Å². The third-order valence-corrected chi connectivity index (χ3v) is 8.24. The van der Waals surface area contributed by atoms with Gasteiger partial charge in [0.15, 0.2) is 5.78 Å². The van der Waals surface area contributed by atoms with E-state index in [9.17, 15) is 18.0 Å². The van der Waals surface area contributed by atoms with Crippen LogP contribution in [0.1, 0.15) is 54.1 Å². The Hall–Kier alpha value is -2.51. The fourth-order valence-electron chi connectivity index (χ4n) is 4.51. The summed E-state index contributed by atoms with van der Waals surface area (Å²) in [7, 11) is -3.56. The molecule has 7 heteroatoms. The van der Waals surface area contributed by atoms with Crippen molar-refractivity contribution in [2.24, 2.45) is 5.92 Å². The van der Waals surface area contributed by atoms with Gasteiger partial charge in [-0.25, -0.2) is 8.42 Å². The molecule has 4 rings (SSSR count). The van der Waals surface area contributed by atoms with Gasteiger partial charge in [-0.3, -0.25) is 9.59 Å². The van der Waals surface area contributed by atoms with Crippen molar-refractivity contribution in [1.29, 1.82) is 0 Å². The van der Waals surface area contributed by atoms with Gasteiger partial charge in [-0.2, -0.15) is 4.31 Å². The predicted octanol–water partition coefficient (Wildman–Crippen LogP) is 3.81. The number of nitrogens with zero attached hydrogens (tertiary/aromatic N) is 1. The van der Waals surface area contributed by atoms with Crippen LogP contribution in [-0.4, -0.2) is 37.5 Å². The summed E-state index contributed by atoms with van der Waals surface area (Å²) in [4.78, 5) is 24.9. The number of aryl methyl sites for hydroxylation is 2. The van der Waals surface area contributed by atoms with Gasteiger partial charge in [-0.1, -0.05) is 18.2 Å². The van der Waals surface area contributed by atoms with E-state index in [2.05, 4.69) is 5.32 Å². The Morgan fingerprint density at radius 1 is 0.968 bits per heavy atom. The highest BCUT2D eigenvalue weighted by Crippen LogP contribution is 2.29. The Labute approximate surface area is 183 Å². The Kier molecular flexibility index (Phi) is 6.25. The summed E-state index contributed by atoms with van der Waals surface area (Å²) in [5.74, 6) is -0.559. The predicted molar refractivity (Wildman–Crippen MR) is 120 cm³/mol. The summed E-state index contributed by atoms with van der Waals surface area (Å²) < 4.78 is 27.8. The zero-order chi connectivity index (χ0) is 22.0. The lowest BCUT2D eigenvalue weighted by molar-refractivity contribution is -0.120. The molecule has 1 heterocycles. The maximum atomic E-state index is 13.1. The molecule has 2 aromatic rings. The quantitative estimate of drug-likeness (QED) is 0.717. The van der Waals surface area contributed by atoms with E-state index < -0.39 is 10.0 Å². The van der Waals surface area contributed by atoms with E-state index >= 15 is 0 Å². The second-order valence-corrected chi connectivity index (χ2v) is 10.3. The zero-order valence-electron chi connectivity index (χ0n) is 17.8. The molecule has 1 aliphatic heterocycles. The third kappa shape index (κ3) is 4.57. The number of sulfonamides is 1. The van der Waals surface area contributed by atoms with Gasteiger partial charge in [0.05, 0.1) is 10.6 Å². The number of benzene rings is 2. The van der Waals surface area contributed by atoms with E-state index in [1.165, 1.54) is 16.8 Å². The van der Waals surface area contributed by atoms with Gasteiger partial charge in [-0.15, -0.1) is 0 Å². The van der Waals surface area contributed by atoms with Gasteiger partial charge in [0.2, 0.25) is 15.9 Å². The average Bonchev–Trinajstić information content (AvgIpc) is 2.79. The maximum absolute atomic E-state index is 13.1. The summed E-state index contributed by atoms with van der Waals surface area (Å²) >= 11 is 0. The van der Waals surface area contributed by atoms with Crippen LogP contribution < -0.4 is 5.32 Å². The number of Topliss-reactive ketones (excluding diaryl/α,β-unsaturated/α-hetero) is 1. The fourth-order valence-corrected chi connectivity index (χ4v) is 6.03. The number of hydrogen-bond acceptors (Lipinski definition) is 4. The van der Waals surface area contributed by atoms with Crippen LogP contribution in [0, 0.1) is 5.92 Å². The Balaban J connectivity index is 1.41. The van der Waals surface area contributed by atoms with Gasteiger partial charge >= 0.3 is 0 Å². The smallest absolute Gasteiger partial charge is 0.243 e. The molecule has 1 aliphatic carbocycles. The molecule has 0 radical (unpaired) electrons. The summed E-state index contributed by atoms with van der Waals surface area (Å²) in [6.07, 6.45) is 5.12. The molecule has 0 bridgehead atoms. The van der Waals surface area contributed by atoms with Crippen LogP contribution in [0.3, 0.4) is 0 Å². The van der Waals surface area contributed by atoms with Crippen LogP contribution in [0.25, 0.3) is 0 Å². The molecule has 1 amide bonds. The monoisotopic (exact) mass is 440 g/mol. The number of piperidine rings is 1. The van der Waals surface area contributed by atoms with Crippen molar-refractivity contribution in [3.8, 4) is 0 Å². The van der Waals surface area contributed by atoms with Crippen molar-refractivity contribution < 1.29 is 18.0 Å². The largest absolute Gasteiger partial charge is 0.325 e. The number of amides is 1. The number of fused-ring (bicyclic) bond motifs is 1. The summed E-state index contributed by atoms with van der Waals surface area (Å²) in [6, 6.07) is 12.4. The molecule has 31 heavy (non-hydrogen) atoms. The lowest BCUT2D eigenvalue weighted by Gasteiger charge is -2.31. The summed E-state index contributed by atoms with van der Waals surface area (Å²) in [6.45, 7) is 2.09. The highest BCUT2D eigenvalue weighted by atomic mass is 32.2. The number of hydrogen-bond donors (Lipinski definition) is 1. The molecule has 164 valence electrons. The maximum Gasteiger partial charge on any atom is 0.243 e. The van der Waals surface area contributed by atoms with Gasteiger partial charge < -0.3 is 5.32 Å². The van der Waals surface area contributed by atoms with Gasteiger partial charge in [0.25, 0.3) is 0 Å². The van der Waals surface area contributed by atoms with Gasteiger partial charge in [-0.05, 0) is 80.8 Å². The zero-order valence-corrected chi connectivity index (χ0v) is 18.6.